The molecule has 2 N–H and O–H groups in total. The van der Waals surface area contributed by atoms with Gasteiger partial charge in [-0.3, -0.25) is 9.59 Å². The lowest BCUT2D eigenvalue weighted by Crippen LogP contribution is -2.38. The summed E-state index contributed by atoms with van der Waals surface area (Å²) in [6.45, 7) is 0. The molecule has 1 fully saturated rings. The molecular formula is C16H16ClNO4. The Kier molecular flexibility index (Phi) is 4.07. The summed E-state index contributed by atoms with van der Waals surface area (Å²) in [5, 5.41) is 13.3. The zero-order valence-corrected chi connectivity index (χ0v) is 12.6. The molecule has 0 unspecified atom stereocenters. The molecule has 0 spiro atoms. The van der Waals surface area contributed by atoms with Crippen LogP contribution < -0.4 is 5.32 Å². The maximum atomic E-state index is 12.2. The average Bonchev–Trinajstić information content (AvgIpc) is 2.91. The summed E-state index contributed by atoms with van der Waals surface area (Å²) < 4.78 is 5.52. The van der Waals surface area contributed by atoms with Crippen molar-refractivity contribution >= 4 is 34.4 Å². The van der Waals surface area contributed by atoms with Crippen LogP contribution >= 0.6 is 11.6 Å². The molecule has 1 aromatic heterocycles. The first-order chi connectivity index (χ1) is 10.5. The van der Waals surface area contributed by atoms with Crippen LogP contribution in [0.25, 0.3) is 11.0 Å². The summed E-state index contributed by atoms with van der Waals surface area (Å²) in [5.74, 6) is -1.07. The van der Waals surface area contributed by atoms with E-state index in [9.17, 15) is 9.59 Å². The molecule has 1 amide bonds. The lowest BCUT2D eigenvalue weighted by molar-refractivity contribution is -0.142. The number of rotatable bonds is 3. The molecule has 2 aromatic rings. The fraction of sp³-hybridized carbons (Fsp3) is 0.375. The number of amides is 1. The van der Waals surface area contributed by atoms with Gasteiger partial charge < -0.3 is 14.8 Å². The van der Waals surface area contributed by atoms with Crippen LogP contribution in [0.1, 0.15) is 36.2 Å². The molecule has 6 heteroatoms. The van der Waals surface area contributed by atoms with E-state index in [4.69, 9.17) is 21.1 Å². The van der Waals surface area contributed by atoms with Crippen LogP contribution in [0, 0.1) is 5.92 Å². The summed E-state index contributed by atoms with van der Waals surface area (Å²) in [6.07, 6.45) is 2.54. The van der Waals surface area contributed by atoms with Gasteiger partial charge in [-0.25, -0.2) is 0 Å². The third-order valence-corrected chi connectivity index (χ3v) is 4.35. The molecule has 5 nitrogen and oxygen atoms in total. The molecule has 0 aliphatic heterocycles. The number of fused-ring (bicyclic) bond motifs is 1. The minimum Gasteiger partial charge on any atom is -0.481 e. The molecule has 0 atom stereocenters. The van der Waals surface area contributed by atoms with E-state index in [1.54, 1.807) is 24.3 Å². The largest absolute Gasteiger partial charge is 0.481 e. The van der Waals surface area contributed by atoms with E-state index in [0.717, 1.165) is 5.39 Å². The lowest BCUT2D eigenvalue weighted by atomic mass is 9.86. The van der Waals surface area contributed by atoms with E-state index >= 15 is 0 Å². The number of carboxylic acid groups (broad SMARTS) is 1. The van der Waals surface area contributed by atoms with Crippen LogP contribution in [0.5, 0.6) is 0 Å². The summed E-state index contributed by atoms with van der Waals surface area (Å²) >= 11 is 5.91. The monoisotopic (exact) mass is 321 g/mol. The number of carboxylic acids is 1. The summed E-state index contributed by atoms with van der Waals surface area (Å²) in [4.78, 5) is 23.1. The number of hydrogen-bond donors (Lipinski definition) is 2. The van der Waals surface area contributed by atoms with E-state index in [1.165, 1.54) is 0 Å². The number of aliphatic carboxylic acids is 1. The number of carbonyl (C=O) groups is 2. The van der Waals surface area contributed by atoms with E-state index in [0.29, 0.717) is 36.3 Å². The second kappa shape index (κ2) is 6.01. The first kappa shape index (κ1) is 14.9. The van der Waals surface area contributed by atoms with Crippen molar-refractivity contribution in [1.82, 2.24) is 5.32 Å². The molecule has 1 saturated carbocycles. The van der Waals surface area contributed by atoms with Gasteiger partial charge in [-0.05, 0) is 49.9 Å². The van der Waals surface area contributed by atoms with Crippen LogP contribution in [-0.4, -0.2) is 23.0 Å². The molecule has 0 saturated heterocycles. The molecule has 0 bridgehead atoms. The molecule has 0 radical (unpaired) electrons. The van der Waals surface area contributed by atoms with Gasteiger partial charge in [-0.2, -0.15) is 0 Å². The predicted molar refractivity (Wildman–Crippen MR) is 82.1 cm³/mol. The van der Waals surface area contributed by atoms with Crippen molar-refractivity contribution in [2.45, 2.75) is 31.7 Å². The van der Waals surface area contributed by atoms with Crippen molar-refractivity contribution in [3.63, 3.8) is 0 Å². The highest BCUT2D eigenvalue weighted by Gasteiger charge is 2.27. The molecular weight excluding hydrogens is 306 g/mol. The lowest BCUT2D eigenvalue weighted by Gasteiger charge is -2.26. The van der Waals surface area contributed by atoms with Gasteiger partial charge in [0, 0.05) is 16.5 Å². The van der Waals surface area contributed by atoms with E-state index in [2.05, 4.69) is 5.32 Å². The highest BCUT2D eigenvalue weighted by Crippen LogP contribution is 2.26. The quantitative estimate of drug-likeness (QED) is 0.907. The molecule has 22 heavy (non-hydrogen) atoms. The summed E-state index contributed by atoms with van der Waals surface area (Å²) in [5.41, 5.74) is 0.615. The van der Waals surface area contributed by atoms with Crippen molar-refractivity contribution in [1.29, 1.82) is 0 Å². The van der Waals surface area contributed by atoms with E-state index in [-0.39, 0.29) is 23.6 Å². The number of benzene rings is 1. The predicted octanol–water partition coefficient (Wildman–Crippen LogP) is 3.46. The third-order valence-electron chi connectivity index (χ3n) is 4.11. The van der Waals surface area contributed by atoms with Gasteiger partial charge in [-0.15, -0.1) is 0 Å². The Balaban J connectivity index is 1.65. The first-order valence-electron chi connectivity index (χ1n) is 7.25. The van der Waals surface area contributed by atoms with Gasteiger partial charge in [0.1, 0.15) is 5.58 Å². The highest BCUT2D eigenvalue weighted by molar-refractivity contribution is 6.31. The molecule has 1 aliphatic carbocycles. The van der Waals surface area contributed by atoms with Crippen molar-refractivity contribution in [2.75, 3.05) is 0 Å². The van der Waals surface area contributed by atoms with Gasteiger partial charge in [0.05, 0.1) is 5.92 Å². The van der Waals surface area contributed by atoms with Crippen LogP contribution in [0.15, 0.2) is 28.7 Å². The number of halogens is 1. The molecule has 1 aromatic carbocycles. The smallest absolute Gasteiger partial charge is 0.306 e. The Morgan fingerprint density at radius 2 is 1.91 bits per heavy atom. The van der Waals surface area contributed by atoms with Gasteiger partial charge in [-0.1, -0.05) is 11.6 Å². The zero-order chi connectivity index (χ0) is 15.7. The van der Waals surface area contributed by atoms with E-state index < -0.39 is 5.97 Å². The zero-order valence-electron chi connectivity index (χ0n) is 11.8. The number of hydrogen-bond acceptors (Lipinski definition) is 3. The van der Waals surface area contributed by atoms with Crippen LogP contribution in [0.3, 0.4) is 0 Å². The number of carbonyl (C=O) groups excluding carboxylic acids is 1. The van der Waals surface area contributed by atoms with Gasteiger partial charge in [0.25, 0.3) is 5.91 Å². The fourth-order valence-corrected chi connectivity index (χ4v) is 3.05. The Labute approximate surface area is 132 Å². The van der Waals surface area contributed by atoms with Crippen LogP contribution in [0.2, 0.25) is 5.02 Å². The van der Waals surface area contributed by atoms with Gasteiger partial charge in [0.15, 0.2) is 5.76 Å². The Morgan fingerprint density at radius 3 is 2.59 bits per heavy atom. The van der Waals surface area contributed by atoms with Crippen LogP contribution in [0.4, 0.5) is 0 Å². The van der Waals surface area contributed by atoms with Crippen LogP contribution in [-0.2, 0) is 4.79 Å². The summed E-state index contributed by atoms with van der Waals surface area (Å²) in [6, 6.07) is 6.85. The minimum absolute atomic E-state index is 0.0000924. The second-order valence-corrected chi connectivity index (χ2v) is 6.09. The fourth-order valence-electron chi connectivity index (χ4n) is 2.87. The van der Waals surface area contributed by atoms with Crippen molar-refractivity contribution < 1.29 is 19.1 Å². The first-order valence-corrected chi connectivity index (χ1v) is 7.63. The van der Waals surface area contributed by atoms with E-state index in [1.807, 2.05) is 0 Å². The Hall–Kier alpha value is -2.01. The minimum atomic E-state index is -0.751. The SMILES string of the molecule is O=C(N[C@H]1CC[C@H](C(=O)O)CC1)c1cc2cc(Cl)ccc2o1. The van der Waals surface area contributed by atoms with Crippen molar-refractivity contribution in [3.8, 4) is 0 Å². The second-order valence-electron chi connectivity index (χ2n) is 5.65. The summed E-state index contributed by atoms with van der Waals surface area (Å²) in [7, 11) is 0. The Morgan fingerprint density at radius 1 is 1.18 bits per heavy atom. The number of nitrogens with one attached hydrogen (secondary N) is 1. The van der Waals surface area contributed by atoms with Crippen molar-refractivity contribution in [2.24, 2.45) is 5.92 Å². The average molecular weight is 322 g/mol. The normalized spacial score (nSPS) is 21.7. The van der Waals surface area contributed by atoms with Crippen molar-refractivity contribution in [3.05, 3.63) is 35.0 Å². The standard InChI is InChI=1S/C16H16ClNO4/c17-11-3-6-13-10(7-11)8-14(22-13)15(19)18-12-4-1-9(2-5-12)16(20)21/h3,6-9,12H,1-2,4-5H2,(H,18,19)(H,20,21)/t9-,12-. The molecule has 116 valence electrons. The maximum absolute atomic E-state index is 12.2. The van der Waals surface area contributed by atoms with Gasteiger partial charge >= 0.3 is 5.97 Å². The topological polar surface area (TPSA) is 79.5 Å². The van der Waals surface area contributed by atoms with Gasteiger partial charge in [0.2, 0.25) is 0 Å². The highest BCUT2D eigenvalue weighted by atomic mass is 35.5. The maximum Gasteiger partial charge on any atom is 0.306 e. The molecule has 1 heterocycles. The molecule has 1 aliphatic rings. The Bertz CT molecular complexity index is 716. The molecule has 3 rings (SSSR count). The third kappa shape index (κ3) is 3.09. The number of furan rings is 1.